The number of nitrogens with zero attached hydrogens (tertiary/aromatic N) is 3. The monoisotopic (exact) mass is 484 g/mol. The molecule has 3 atom stereocenters. The van der Waals surface area contributed by atoms with Crippen molar-refractivity contribution < 1.29 is 14.3 Å². The van der Waals surface area contributed by atoms with Crippen molar-refractivity contribution in [1.82, 2.24) is 9.80 Å². The molecule has 0 saturated carbocycles. The second-order valence-corrected chi connectivity index (χ2v) is 9.49. The van der Waals surface area contributed by atoms with Gasteiger partial charge in [0.15, 0.2) is 0 Å². The van der Waals surface area contributed by atoms with E-state index in [2.05, 4.69) is 40.6 Å². The summed E-state index contributed by atoms with van der Waals surface area (Å²) in [6.45, 7) is 2.12. The van der Waals surface area contributed by atoms with Gasteiger partial charge in [0.2, 0.25) is 0 Å². The molecule has 5 rings (SSSR count). The first kappa shape index (κ1) is 24.0. The third-order valence-corrected chi connectivity index (χ3v) is 7.35. The largest absolute Gasteiger partial charge is 0.395 e. The zero-order valence-electron chi connectivity index (χ0n) is 20.0. The normalized spacial score (nSPS) is 21.9. The number of rotatable bonds is 4. The Kier molecular flexibility index (Phi) is 6.99. The van der Waals surface area contributed by atoms with Gasteiger partial charge in [-0.3, -0.25) is 4.90 Å². The van der Waals surface area contributed by atoms with E-state index in [0.29, 0.717) is 24.3 Å². The van der Waals surface area contributed by atoms with E-state index in [4.69, 9.17) is 0 Å². The van der Waals surface area contributed by atoms with Crippen LogP contribution in [0.1, 0.15) is 29.9 Å². The number of hydrogen-bond donors (Lipinski definition) is 2. The van der Waals surface area contributed by atoms with Crippen molar-refractivity contribution in [2.24, 2.45) is 0 Å². The Morgan fingerprint density at radius 3 is 2.56 bits per heavy atom. The van der Waals surface area contributed by atoms with Crippen molar-refractivity contribution >= 4 is 11.7 Å². The van der Waals surface area contributed by atoms with Gasteiger partial charge in [0.05, 0.1) is 18.2 Å². The van der Waals surface area contributed by atoms with E-state index in [1.165, 1.54) is 12.1 Å². The molecule has 0 radical (unpaired) electrons. The molecule has 2 aliphatic rings. The summed E-state index contributed by atoms with van der Waals surface area (Å²) in [5, 5.41) is 22.2. The van der Waals surface area contributed by atoms with E-state index in [1.807, 2.05) is 23.1 Å². The maximum atomic E-state index is 13.6. The van der Waals surface area contributed by atoms with Gasteiger partial charge < -0.3 is 15.3 Å². The van der Waals surface area contributed by atoms with Crippen LogP contribution in [0.15, 0.2) is 72.8 Å². The molecule has 3 aromatic rings. The molecule has 7 heteroatoms. The van der Waals surface area contributed by atoms with Crippen LogP contribution in [0.25, 0.3) is 11.1 Å². The predicted molar refractivity (Wildman–Crippen MR) is 137 cm³/mol. The number of urea groups is 1. The second kappa shape index (κ2) is 10.5. The summed E-state index contributed by atoms with van der Waals surface area (Å²) >= 11 is 0. The maximum absolute atomic E-state index is 13.6. The number of benzene rings is 3. The summed E-state index contributed by atoms with van der Waals surface area (Å²) in [5.41, 5.74) is 4.20. The fraction of sp³-hybridized carbons (Fsp3) is 0.310. The highest BCUT2D eigenvalue weighted by Crippen LogP contribution is 2.42. The van der Waals surface area contributed by atoms with Crippen molar-refractivity contribution in [3.8, 4) is 17.2 Å². The first-order chi connectivity index (χ1) is 17.6. The predicted octanol–water partition coefficient (Wildman–Crippen LogP) is 4.82. The van der Waals surface area contributed by atoms with Gasteiger partial charge in [0, 0.05) is 36.8 Å². The minimum Gasteiger partial charge on any atom is -0.395 e. The van der Waals surface area contributed by atoms with Crippen molar-refractivity contribution in [3.63, 3.8) is 0 Å². The standard InChI is InChI=1S/C29H29FN4O2/c30-24-7-4-8-25(16-24)32-29(36)33-13-1-2-14-34-26(18-33)28(27(34)19-35)22-11-9-21(10-12-22)23-6-3-5-20(15-23)17-31/h3-12,15-16,26-28,35H,1-2,13-14,18-19H2,(H,32,36)/t26-,27-,28+/m0/s1. The van der Waals surface area contributed by atoms with Crippen LogP contribution < -0.4 is 5.32 Å². The van der Waals surface area contributed by atoms with Gasteiger partial charge in [-0.15, -0.1) is 0 Å². The summed E-state index contributed by atoms with van der Waals surface area (Å²) < 4.78 is 13.6. The number of nitrogens with one attached hydrogen (secondary N) is 1. The molecule has 0 aliphatic carbocycles. The number of carbonyl (C=O) groups excluding carboxylic acids is 1. The molecule has 0 bridgehead atoms. The summed E-state index contributed by atoms with van der Waals surface area (Å²) in [5.74, 6) is -0.295. The Morgan fingerprint density at radius 1 is 1.03 bits per heavy atom. The molecular weight excluding hydrogens is 455 g/mol. The molecule has 2 fully saturated rings. The lowest BCUT2D eigenvalue weighted by atomic mass is 9.74. The summed E-state index contributed by atoms with van der Waals surface area (Å²) in [6, 6.07) is 23.8. The third kappa shape index (κ3) is 4.83. The molecule has 2 heterocycles. The lowest BCUT2D eigenvalue weighted by Gasteiger charge is -2.57. The van der Waals surface area contributed by atoms with E-state index in [1.54, 1.807) is 18.2 Å². The Morgan fingerprint density at radius 2 is 1.81 bits per heavy atom. The van der Waals surface area contributed by atoms with Crippen molar-refractivity contribution in [2.45, 2.75) is 30.8 Å². The molecule has 6 nitrogen and oxygen atoms in total. The van der Waals surface area contributed by atoms with Crippen LogP contribution in [-0.4, -0.2) is 59.3 Å². The average Bonchev–Trinajstić information content (AvgIpc) is 2.88. The highest BCUT2D eigenvalue weighted by molar-refractivity contribution is 5.89. The Labute approximate surface area is 210 Å². The highest BCUT2D eigenvalue weighted by atomic mass is 19.1. The number of halogens is 1. The second-order valence-electron chi connectivity index (χ2n) is 9.49. The zero-order valence-corrected chi connectivity index (χ0v) is 20.0. The third-order valence-electron chi connectivity index (χ3n) is 7.35. The van der Waals surface area contributed by atoms with Crippen LogP contribution in [0.5, 0.6) is 0 Å². The minimum absolute atomic E-state index is 0.00833. The number of fused-ring (bicyclic) bond motifs is 1. The molecule has 0 aromatic heterocycles. The molecule has 36 heavy (non-hydrogen) atoms. The SMILES string of the molecule is N#Cc1cccc(-c2ccc([C@H]3[C@H](CO)N4CCCCN(C(=O)Nc5cccc(F)c5)C[C@@H]34)cc2)c1. The van der Waals surface area contributed by atoms with Crippen LogP contribution >= 0.6 is 0 Å². The van der Waals surface area contributed by atoms with Crippen LogP contribution in [0.2, 0.25) is 0 Å². The fourth-order valence-corrected chi connectivity index (χ4v) is 5.56. The van der Waals surface area contributed by atoms with Gasteiger partial charge in [-0.2, -0.15) is 5.26 Å². The number of amides is 2. The van der Waals surface area contributed by atoms with Gasteiger partial charge in [-0.25, -0.2) is 9.18 Å². The molecule has 0 spiro atoms. The summed E-state index contributed by atoms with van der Waals surface area (Å²) in [4.78, 5) is 17.2. The van der Waals surface area contributed by atoms with Crippen LogP contribution in [0.4, 0.5) is 14.9 Å². The smallest absolute Gasteiger partial charge is 0.321 e. The highest BCUT2D eigenvalue weighted by Gasteiger charge is 2.49. The molecule has 184 valence electrons. The molecule has 2 aliphatic heterocycles. The van der Waals surface area contributed by atoms with Gasteiger partial charge >= 0.3 is 6.03 Å². The van der Waals surface area contributed by atoms with E-state index in [9.17, 15) is 19.6 Å². The number of nitriles is 1. The molecular formula is C29H29FN4O2. The lowest BCUT2D eigenvalue weighted by molar-refractivity contribution is -0.0585. The summed E-state index contributed by atoms with van der Waals surface area (Å²) in [6.07, 6.45) is 1.82. The van der Waals surface area contributed by atoms with Gasteiger partial charge in [-0.1, -0.05) is 42.5 Å². The van der Waals surface area contributed by atoms with E-state index in [0.717, 1.165) is 36.1 Å². The van der Waals surface area contributed by atoms with Crippen molar-refractivity contribution in [2.75, 3.05) is 31.6 Å². The Balaban J connectivity index is 1.35. The Bertz CT molecular complexity index is 1270. The zero-order chi connectivity index (χ0) is 25.1. The van der Waals surface area contributed by atoms with Crippen LogP contribution in [-0.2, 0) is 0 Å². The number of aliphatic hydroxyl groups is 1. The molecule has 0 unspecified atom stereocenters. The number of aliphatic hydroxyl groups excluding tert-OH is 1. The first-order valence-electron chi connectivity index (χ1n) is 12.4. The Hall–Kier alpha value is -3.73. The minimum atomic E-state index is -0.390. The topological polar surface area (TPSA) is 79.6 Å². The van der Waals surface area contributed by atoms with Crippen molar-refractivity contribution in [1.29, 1.82) is 5.26 Å². The van der Waals surface area contributed by atoms with E-state index >= 15 is 0 Å². The van der Waals surface area contributed by atoms with Gasteiger partial charge in [0.1, 0.15) is 5.82 Å². The van der Waals surface area contributed by atoms with Crippen LogP contribution in [0, 0.1) is 17.1 Å². The van der Waals surface area contributed by atoms with Gasteiger partial charge in [-0.05, 0) is 66.4 Å². The van der Waals surface area contributed by atoms with Crippen molar-refractivity contribution in [3.05, 3.63) is 89.7 Å². The molecule has 2 N–H and O–H groups in total. The van der Waals surface area contributed by atoms with E-state index in [-0.39, 0.29) is 36.5 Å². The quantitative estimate of drug-likeness (QED) is 0.557. The number of hydrogen-bond acceptors (Lipinski definition) is 4. The lowest BCUT2D eigenvalue weighted by Crippen LogP contribution is -2.68. The fourth-order valence-electron chi connectivity index (χ4n) is 5.56. The number of anilines is 1. The maximum Gasteiger partial charge on any atom is 0.321 e. The molecule has 3 aromatic carbocycles. The molecule has 2 amide bonds. The van der Waals surface area contributed by atoms with Gasteiger partial charge in [0.25, 0.3) is 0 Å². The molecule has 2 saturated heterocycles. The first-order valence-corrected chi connectivity index (χ1v) is 12.4. The van der Waals surface area contributed by atoms with Crippen LogP contribution in [0.3, 0.4) is 0 Å². The summed E-state index contributed by atoms with van der Waals surface area (Å²) in [7, 11) is 0. The van der Waals surface area contributed by atoms with E-state index < -0.39 is 0 Å². The average molecular weight is 485 g/mol. The number of carbonyl (C=O) groups is 1.